The zero-order valence-corrected chi connectivity index (χ0v) is 12.2. The SMILES string of the molecule is CCNC(CC)C(C)N(C)CCN1CCCC1. The van der Waals surface area contributed by atoms with E-state index in [4.69, 9.17) is 0 Å². The van der Waals surface area contributed by atoms with E-state index in [9.17, 15) is 0 Å². The van der Waals surface area contributed by atoms with Crippen molar-refractivity contribution in [2.24, 2.45) is 0 Å². The first-order valence-corrected chi connectivity index (χ1v) is 7.35. The molecule has 1 aliphatic heterocycles. The van der Waals surface area contributed by atoms with Gasteiger partial charge in [-0.05, 0) is 52.9 Å². The Labute approximate surface area is 108 Å². The molecule has 0 amide bonds. The van der Waals surface area contributed by atoms with Crippen LogP contribution in [0.2, 0.25) is 0 Å². The van der Waals surface area contributed by atoms with E-state index in [0.29, 0.717) is 12.1 Å². The molecular formula is C14H31N3. The second-order valence-electron chi connectivity index (χ2n) is 5.34. The van der Waals surface area contributed by atoms with Crippen molar-refractivity contribution in [3.05, 3.63) is 0 Å². The van der Waals surface area contributed by atoms with E-state index in [0.717, 1.165) is 6.54 Å². The first-order valence-electron chi connectivity index (χ1n) is 7.35. The predicted octanol–water partition coefficient (Wildman–Crippen LogP) is 1.79. The molecule has 0 bridgehead atoms. The summed E-state index contributed by atoms with van der Waals surface area (Å²) in [5.74, 6) is 0. The molecule has 2 unspecified atom stereocenters. The highest BCUT2D eigenvalue weighted by atomic mass is 15.2. The lowest BCUT2D eigenvalue weighted by molar-refractivity contribution is 0.179. The average Bonchev–Trinajstić information content (AvgIpc) is 2.85. The normalized spacial score (nSPS) is 21.0. The van der Waals surface area contributed by atoms with E-state index < -0.39 is 0 Å². The van der Waals surface area contributed by atoms with E-state index in [1.54, 1.807) is 0 Å². The van der Waals surface area contributed by atoms with Gasteiger partial charge in [0.1, 0.15) is 0 Å². The third kappa shape index (κ3) is 4.94. The van der Waals surface area contributed by atoms with Crippen LogP contribution in [0.1, 0.15) is 40.0 Å². The molecule has 2 atom stereocenters. The van der Waals surface area contributed by atoms with Gasteiger partial charge in [-0.15, -0.1) is 0 Å². The van der Waals surface area contributed by atoms with Crippen LogP contribution in [0, 0.1) is 0 Å². The van der Waals surface area contributed by atoms with Gasteiger partial charge >= 0.3 is 0 Å². The summed E-state index contributed by atoms with van der Waals surface area (Å²) in [6.45, 7) is 13.0. The number of likely N-dealkylation sites (tertiary alicyclic amines) is 1. The highest BCUT2D eigenvalue weighted by molar-refractivity contribution is 4.79. The Morgan fingerprint density at radius 2 is 1.88 bits per heavy atom. The molecule has 0 aromatic carbocycles. The molecule has 102 valence electrons. The topological polar surface area (TPSA) is 18.5 Å². The Balaban J connectivity index is 2.26. The minimum atomic E-state index is 0.627. The molecule has 1 saturated heterocycles. The van der Waals surface area contributed by atoms with Crippen molar-refractivity contribution >= 4 is 0 Å². The summed E-state index contributed by atoms with van der Waals surface area (Å²) < 4.78 is 0. The van der Waals surface area contributed by atoms with Crippen LogP contribution < -0.4 is 5.32 Å². The minimum Gasteiger partial charge on any atom is -0.313 e. The van der Waals surface area contributed by atoms with Crippen LogP contribution >= 0.6 is 0 Å². The van der Waals surface area contributed by atoms with Crippen molar-refractivity contribution in [1.82, 2.24) is 15.1 Å². The summed E-state index contributed by atoms with van der Waals surface area (Å²) in [5.41, 5.74) is 0. The standard InChI is InChI=1S/C14H31N3/c1-5-14(15-6-2)13(3)16(4)11-12-17-9-7-8-10-17/h13-15H,5-12H2,1-4H3. The smallest absolute Gasteiger partial charge is 0.0218 e. The Hall–Kier alpha value is -0.120. The highest BCUT2D eigenvalue weighted by Crippen LogP contribution is 2.09. The van der Waals surface area contributed by atoms with Crippen LogP contribution in [0.3, 0.4) is 0 Å². The van der Waals surface area contributed by atoms with Gasteiger partial charge in [0.25, 0.3) is 0 Å². The summed E-state index contributed by atoms with van der Waals surface area (Å²) in [7, 11) is 2.26. The van der Waals surface area contributed by atoms with Gasteiger partial charge in [0.2, 0.25) is 0 Å². The quantitative estimate of drug-likeness (QED) is 0.699. The van der Waals surface area contributed by atoms with Crippen LogP contribution in [0.4, 0.5) is 0 Å². The minimum absolute atomic E-state index is 0.627. The van der Waals surface area contributed by atoms with Crippen molar-refractivity contribution in [1.29, 1.82) is 0 Å². The average molecular weight is 241 g/mol. The lowest BCUT2D eigenvalue weighted by Crippen LogP contribution is -2.48. The monoisotopic (exact) mass is 241 g/mol. The Morgan fingerprint density at radius 1 is 1.24 bits per heavy atom. The van der Waals surface area contributed by atoms with Gasteiger partial charge in [0.05, 0.1) is 0 Å². The first kappa shape index (κ1) is 14.9. The summed E-state index contributed by atoms with van der Waals surface area (Å²) in [6.07, 6.45) is 4.01. The fourth-order valence-electron chi connectivity index (χ4n) is 2.73. The third-order valence-electron chi connectivity index (χ3n) is 4.15. The number of likely N-dealkylation sites (N-methyl/N-ethyl adjacent to an activating group) is 2. The summed E-state index contributed by atoms with van der Waals surface area (Å²) in [5, 5.41) is 3.59. The van der Waals surface area contributed by atoms with Crippen LogP contribution in [0.5, 0.6) is 0 Å². The molecule has 0 radical (unpaired) electrons. The molecular weight excluding hydrogens is 210 g/mol. The number of hydrogen-bond acceptors (Lipinski definition) is 3. The molecule has 0 aromatic rings. The number of nitrogens with one attached hydrogen (secondary N) is 1. The second kappa shape index (κ2) is 8.06. The van der Waals surface area contributed by atoms with E-state index in [1.807, 2.05) is 0 Å². The van der Waals surface area contributed by atoms with E-state index in [-0.39, 0.29) is 0 Å². The van der Waals surface area contributed by atoms with Crippen molar-refractivity contribution in [3.63, 3.8) is 0 Å². The third-order valence-corrected chi connectivity index (χ3v) is 4.15. The van der Waals surface area contributed by atoms with E-state index in [2.05, 4.69) is 42.9 Å². The van der Waals surface area contributed by atoms with Gasteiger partial charge < -0.3 is 15.1 Å². The van der Waals surface area contributed by atoms with Crippen molar-refractivity contribution in [2.45, 2.75) is 52.1 Å². The van der Waals surface area contributed by atoms with Crippen LogP contribution in [0.25, 0.3) is 0 Å². The molecule has 1 heterocycles. The molecule has 17 heavy (non-hydrogen) atoms. The molecule has 1 rings (SSSR count). The fraction of sp³-hybridized carbons (Fsp3) is 1.00. The van der Waals surface area contributed by atoms with Gasteiger partial charge in [0.15, 0.2) is 0 Å². The first-order chi connectivity index (χ1) is 8.19. The van der Waals surface area contributed by atoms with Gasteiger partial charge in [-0.3, -0.25) is 0 Å². The maximum absolute atomic E-state index is 3.59. The largest absolute Gasteiger partial charge is 0.313 e. The molecule has 0 saturated carbocycles. The van der Waals surface area contributed by atoms with Crippen LogP contribution in [-0.4, -0.2) is 61.7 Å². The zero-order valence-electron chi connectivity index (χ0n) is 12.2. The van der Waals surface area contributed by atoms with Gasteiger partial charge in [-0.2, -0.15) is 0 Å². The van der Waals surface area contributed by atoms with Gasteiger partial charge in [-0.1, -0.05) is 13.8 Å². The maximum Gasteiger partial charge on any atom is 0.0218 e. The molecule has 1 N–H and O–H groups in total. The lowest BCUT2D eigenvalue weighted by atomic mass is 10.1. The summed E-state index contributed by atoms with van der Waals surface area (Å²) >= 11 is 0. The van der Waals surface area contributed by atoms with E-state index in [1.165, 1.54) is 45.4 Å². The molecule has 3 nitrogen and oxygen atoms in total. The Bertz CT molecular complexity index is 190. The molecule has 1 fully saturated rings. The fourth-order valence-corrected chi connectivity index (χ4v) is 2.73. The second-order valence-corrected chi connectivity index (χ2v) is 5.34. The van der Waals surface area contributed by atoms with E-state index >= 15 is 0 Å². The lowest BCUT2D eigenvalue weighted by Gasteiger charge is -2.33. The maximum atomic E-state index is 3.59. The highest BCUT2D eigenvalue weighted by Gasteiger charge is 2.19. The van der Waals surface area contributed by atoms with Crippen molar-refractivity contribution in [3.8, 4) is 0 Å². The van der Waals surface area contributed by atoms with Crippen LogP contribution in [0.15, 0.2) is 0 Å². The van der Waals surface area contributed by atoms with Gasteiger partial charge in [0, 0.05) is 25.2 Å². The van der Waals surface area contributed by atoms with Crippen molar-refractivity contribution < 1.29 is 0 Å². The Kier molecular flexibility index (Phi) is 7.09. The van der Waals surface area contributed by atoms with Gasteiger partial charge in [-0.25, -0.2) is 0 Å². The predicted molar refractivity (Wildman–Crippen MR) is 75.5 cm³/mol. The zero-order chi connectivity index (χ0) is 12.7. The number of rotatable bonds is 8. The molecule has 0 spiro atoms. The molecule has 0 aromatic heterocycles. The summed E-state index contributed by atoms with van der Waals surface area (Å²) in [6, 6.07) is 1.26. The molecule has 0 aliphatic carbocycles. The van der Waals surface area contributed by atoms with Crippen molar-refractivity contribution in [2.75, 3.05) is 39.8 Å². The summed E-state index contributed by atoms with van der Waals surface area (Å²) in [4.78, 5) is 5.10. The van der Waals surface area contributed by atoms with Crippen LogP contribution in [-0.2, 0) is 0 Å². The number of hydrogen-bond donors (Lipinski definition) is 1. The molecule has 1 aliphatic rings. The Morgan fingerprint density at radius 3 is 2.41 bits per heavy atom. The number of nitrogens with zero attached hydrogens (tertiary/aromatic N) is 2. The molecule has 3 heteroatoms.